The largest absolute Gasteiger partial charge is 0.397 e. The number of hydrogen-bond acceptors (Lipinski definition) is 6. The van der Waals surface area contributed by atoms with E-state index in [-0.39, 0.29) is 16.0 Å². The van der Waals surface area contributed by atoms with Gasteiger partial charge in [-0.3, -0.25) is 4.79 Å². The summed E-state index contributed by atoms with van der Waals surface area (Å²) >= 11 is 0.996. The number of nitrogens with two attached hydrogens (primary N) is 1. The van der Waals surface area contributed by atoms with Crippen molar-refractivity contribution >= 4 is 33.0 Å². The van der Waals surface area contributed by atoms with Gasteiger partial charge in [0.1, 0.15) is 16.2 Å². The summed E-state index contributed by atoms with van der Waals surface area (Å²) in [6, 6.07) is 4.38. The molecule has 8 heteroatoms. The first kappa shape index (κ1) is 15.6. The standard InChI is InChI=1S/C13H15FN2O4S/c14-7-2-1-3-8-9(7)10(15)11(21-8)12(20)16-13(4-17,5-18)6-19/h1-3,17-19H,4-6,15H2,(H,16,20). The van der Waals surface area contributed by atoms with Crippen molar-refractivity contribution in [3.63, 3.8) is 0 Å². The van der Waals surface area contributed by atoms with E-state index in [2.05, 4.69) is 5.32 Å². The zero-order valence-corrected chi connectivity index (χ0v) is 11.8. The van der Waals surface area contributed by atoms with E-state index < -0.39 is 37.1 Å². The second-order valence-corrected chi connectivity index (χ2v) is 5.72. The molecule has 1 aromatic carbocycles. The summed E-state index contributed by atoms with van der Waals surface area (Å²) in [6.45, 7) is -1.94. The molecule has 6 N–H and O–H groups in total. The molecule has 1 aromatic heterocycles. The van der Waals surface area contributed by atoms with Crippen LogP contribution in [0.5, 0.6) is 0 Å². The highest BCUT2D eigenvalue weighted by Crippen LogP contribution is 2.35. The van der Waals surface area contributed by atoms with Crippen LogP contribution in [0.25, 0.3) is 10.1 Å². The highest BCUT2D eigenvalue weighted by Gasteiger charge is 2.32. The minimum Gasteiger partial charge on any atom is -0.397 e. The minimum absolute atomic E-state index is 0.00619. The predicted octanol–water partition coefficient (Wildman–Crippen LogP) is 0.0681. The molecule has 0 saturated carbocycles. The maximum Gasteiger partial charge on any atom is 0.264 e. The first-order chi connectivity index (χ1) is 9.98. The van der Waals surface area contributed by atoms with Gasteiger partial charge in [0.2, 0.25) is 0 Å². The third-order valence-electron chi connectivity index (χ3n) is 3.19. The van der Waals surface area contributed by atoms with Crippen molar-refractivity contribution in [1.29, 1.82) is 0 Å². The molecule has 1 amide bonds. The number of aliphatic hydroxyl groups is 3. The molecule has 21 heavy (non-hydrogen) atoms. The van der Waals surface area contributed by atoms with Gasteiger partial charge in [0, 0.05) is 4.70 Å². The SMILES string of the molecule is Nc1c(C(=O)NC(CO)(CO)CO)sc2cccc(F)c12. The summed E-state index contributed by atoms with van der Waals surface area (Å²) in [6.07, 6.45) is 0. The first-order valence-corrected chi connectivity index (χ1v) is 6.91. The second kappa shape index (κ2) is 5.94. The molecule has 0 unspecified atom stereocenters. The Morgan fingerprint density at radius 3 is 2.43 bits per heavy atom. The Bertz CT molecular complexity index is 661. The maximum absolute atomic E-state index is 13.7. The van der Waals surface area contributed by atoms with E-state index in [9.17, 15) is 24.5 Å². The third kappa shape index (κ3) is 2.70. The van der Waals surface area contributed by atoms with E-state index in [1.165, 1.54) is 12.1 Å². The van der Waals surface area contributed by atoms with Gasteiger partial charge in [0.15, 0.2) is 0 Å². The molecule has 0 bridgehead atoms. The molecule has 6 nitrogen and oxygen atoms in total. The maximum atomic E-state index is 13.7. The topological polar surface area (TPSA) is 116 Å². The molecule has 1 heterocycles. The van der Waals surface area contributed by atoms with E-state index >= 15 is 0 Å². The van der Waals surface area contributed by atoms with Gasteiger partial charge in [-0.1, -0.05) is 6.07 Å². The molecule has 0 atom stereocenters. The van der Waals surface area contributed by atoms with Gasteiger partial charge in [-0.15, -0.1) is 11.3 Å². The number of amides is 1. The lowest BCUT2D eigenvalue weighted by atomic mass is 10.0. The van der Waals surface area contributed by atoms with Crippen LogP contribution in [0.3, 0.4) is 0 Å². The molecular formula is C13H15FN2O4S. The Balaban J connectivity index is 2.41. The molecule has 0 aliphatic heterocycles. The van der Waals surface area contributed by atoms with Crippen molar-refractivity contribution in [1.82, 2.24) is 5.32 Å². The number of fused-ring (bicyclic) bond motifs is 1. The van der Waals surface area contributed by atoms with Gasteiger partial charge in [-0.05, 0) is 12.1 Å². The average molecular weight is 314 g/mol. The van der Waals surface area contributed by atoms with Crippen molar-refractivity contribution in [3.8, 4) is 0 Å². The monoisotopic (exact) mass is 314 g/mol. The lowest BCUT2D eigenvalue weighted by Gasteiger charge is -2.28. The van der Waals surface area contributed by atoms with Crippen molar-refractivity contribution < 1.29 is 24.5 Å². The Morgan fingerprint density at radius 2 is 1.90 bits per heavy atom. The highest BCUT2D eigenvalue weighted by atomic mass is 32.1. The lowest BCUT2D eigenvalue weighted by Crippen LogP contribution is -2.56. The summed E-state index contributed by atoms with van der Waals surface area (Å²) in [7, 11) is 0. The molecule has 114 valence electrons. The molecule has 0 fully saturated rings. The highest BCUT2D eigenvalue weighted by molar-refractivity contribution is 7.21. The molecule has 2 rings (SSSR count). The normalized spacial score (nSPS) is 11.8. The number of anilines is 1. The number of hydrogen-bond donors (Lipinski definition) is 5. The number of thiophene rings is 1. The molecule has 0 radical (unpaired) electrons. The first-order valence-electron chi connectivity index (χ1n) is 6.09. The fourth-order valence-electron chi connectivity index (χ4n) is 1.86. The van der Waals surface area contributed by atoms with Gasteiger partial charge in [-0.2, -0.15) is 0 Å². The molecule has 0 saturated heterocycles. The number of aliphatic hydroxyl groups excluding tert-OH is 3. The summed E-state index contributed by atoms with van der Waals surface area (Å²) in [5.74, 6) is -1.22. The lowest BCUT2D eigenvalue weighted by molar-refractivity contribution is 0.0377. The quantitative estimate of drug-likeness (QED) is 0.535. The van der Waals surface area contributed by atoms with Crippen LogP contribution in [0.15, 0.2) is 18.2 Å². The van der Waals surface area contributed by atoms with E-state index in [4.69, 9.17) is 5.73 Å². The Hall–Kier alpha value is -1.74. The van der Waals surface area contributed by atoms with Crippen molar-refractivity contribution in [3.05, 3.63) is 28.9 Å². The van der Waals surface area contributed by atoms with E-state index in [0.29, 0.717) is 4.70 Å². The summed E-state index contributed by atoms with van der Waals surface area (Å²) < 4.78 is 14.2. The van der Waals surface area contributed by atoms with Crippen LogP contribution in [0.4, 0.5) is 10.1 Å². The van der Waals surface area contributed by atoms with E-state index in [1.807, 2.05) is 0 Å². The number of nitrogens with one attached hydrogen (secondary N) is 1. The van der Waals surface area contributed by atoms with Gasteiger partial charge >= 0.3 is 0 Å². The Labute approximate surface area is 123 Å². The smallest absolute Gasteiger partial charge is 0.264 e. The Morgan fingerprint density at radius 1 is 1.29 bits per heavy atom. The van der Waals surface area contributed by atoms with E-state index in [1.54, 1.807) is 6.07 Å². The Kier molecular flexibility index (Phi) is 4.43. The molecule has 0 spiro atoms. The van der Waals surface area contributed by atoms with Crippen LogP contribution in [0, 0.1) is 5.82 Å². The van der Waals surface area contributed by atoms with Gasteiger partial charge in [0.25, 0.3) is 5.91 Å². The zero-order chi connectivity index (χ0) is 15.6. The molecule has 0 aliphatic carbocycles. The fourth-order valence-corrected chi connectivity index (χ4v) is 2.90. The molecule has 0 aliphatic rings. The van der Waals surface area contributed by atoms with Crippen molar-refractivity contribution in [2.24, 2.45) is 0 Å². The number of carbonyl (C=O) groups is 1. The summed E-state index contributed by atoms with van der Waals surface area (Å²) in [5, 5.41) is 30.1. The number of carbonyl (C=O) groups excluding carboxylic acids is 1. The predicted molar refractivity (Wildman–Crippen MR) is 77.6 cm³/mol. The van der Waals surface area contributed by atoms with Gasteiger partial charge in [-0.25, -0.2) is 4.39 Å². The van der Waals surface area contributed by atoms with Crippen LogP contribution in [0.2, 0.25) is 0 Å². The number of benzene rings is 1. The second-order valence-electron chi connectivity index (χ2n) is 4.67. The van der Waals surface area contributed by atoms with Crippen molar-refractivity contribution in [2.45, 2.75) is 5.54 Å². The minimum atomic E-state index is -1.56. The van der Waals surface area contributed by atoms with Crippen LogP contribution >= 0.6 is 11.3 Å². The van der Waals surface area contributed by atoms with E-state index in [0.717, 1.165) is 11.3 Å². The average Bonchev–Trinajstić information content (AvgIpc) is 2.83. The van der Waals surface area contributed by atoms with Crippen LogP contribution in [-0.4, -0.2) is 46.6 Å². The van der Waals surface area contributed by atoms with Crippen molar-refractivity contribution in [2.75, 3.05) is 25.6 Å². The van der Waals surface area contributed by atoms with Gasteiger partial charge < -0.3 is 26.4 Å². The summed E-state index contributed by atoms with van der Waals surface area (Å²) in [5.41, 5.74) is 4.24. The number of nitrogen functional groups attached to an aromatic ring is 1. The van der Waals surface area contributed by atoms with Crippen LogP contribution in [0.1, 0.15) is 9.67 Å². The summed E-state index contributed by atoms with van der Waals surface area (Å²) in [4.78, 5) is 12.3. The fraction of sp³-hybridized carbons (Fsp3) is 0.308. The van der Waals surface area contributed by atoms with Crippen LogP contribution in [-0.2, 0) is 0 Å². The number of halogens is 1. The molecular weight excluding hydrogens is 299 g/mol. The van der Waals surface area contributed by atoms with Gasteiger partial charge in [0.05, 0.1) is 30.9 Å². The molecule has 2 aromatic rings. The zero-order valence-electron chi connectivity index (χ0n) is 11.0. The number of rotatable bonds is 5. The third-order valence-corrected chi connectivity index (χ3v) is 4.36. The van der Waals surface area contributed by atoms with Crippen LogP contribution < -0.4 is 11.1 Å².